The maximum Gasteiger partial charge on any atom is 0.258 e. The number of hydrogen-bond donors (Lipinski definition) is 1. The van der Waals surface area contributed by atoms with Crippen molar-refractivity contribution in [3.63, 3.8) is 0 Å². The normalized spacial score (nSPS) is 17.1. The summed E-state index contributed by atoms with van der Waals surface area (Å²) in [6.45, 7) is 1.64. The minimum absolute atomic E-state index is 0.00383. The first-order chi connectivity index (χ1) is 11.2. The minimum Gasteiger partial charge on any atom is -0.507 e. The van der Waals surface area contributed by atoms with Crippen LogP contribution in [0.5, 0.6) is 5.75 Å². The van der Waals surface area contributed by atoms with Gasteiger partial charge in [-0.3, -0.25) is 9.78 Å². The van der Waals surface area contributed by atoms with Crippen molar-refractivity contribution in [2.45, 2.75) is 25.5 Å². The molecule has 1 amide bonds. The van der Waals surface area contributed by atoms with Gasteiger partial charge < -0.3 is 14.7 Å². The number of pyridine rings is 1. The second-order valence-electron chi connectivity index (χ2n) is 5.66. The van der Waals surface area contributed by atoms with Crippen molar-refractivity contribution < 1.29 is 14.6 Å². The number of phenolic OH excluding ortho intramolecular Hbond substituents is 1. The molecule has 0 aliphatic carbocycles. The van der Waals surface area contributed by atoms with Crippen LogP contribution in [0, 0.1) is 0 Å². The first-order valence-electron chi connectivity index (χ1n) is 7.83. The number of hydrogen-bond acceptors (Lipinski definition) is 4. The summed E-state index contributed by atoms with van der Waals surface area (Å²) in [6, 6.07) is 12.3. The zero-order valence-corrected chi connectivity index (χ0v) is 12.9. The topological polar surface area (TPSA) is 62.7 Å². The zero-order valence-electron chi connectivity index (χ0n) is 12.9. The molecule has 1 aliphatic rings. The molecule has 1 aromatic carbocycles. The van der Waals surface area contributed by atoms with Crippen LogP contribution in [0.2, 0.25) is 0 Å². The fraction of sp³-hybridized carbons (Fsp3) is 0.333. The molecule has 1 aliphatic heterocycles. The molecule has 0 radical (unpaired) electrons. The number of nitrogens with zero attached hydrogens (tertiary/aromatic N) is 2. The number of benzene rings is 1. The van der Waals surface area contributed by atoms with Crippen molar-refractivity contribution in [2.75, 3.05) is 13.2 Å². The number of aromatic nitrogens is 1. The van der Waals surface area contributed by atoms with E-state index in [9.17, 15) is 9.90 Å². The Kier molecular flexibility index (Phi) is 4.88. The maximum atomic E-state index is 12.8. The van der Waals surface area contributed by atoms with E-state index in [2.05, 4.69) is 4.98 Å². The molecule has 0 unspecified atom stereocenters. The fourth-order valence-corrected chi connectivity index (χ4v) is 2.77. The lowest BCUT2D eigenvalue weighted by Gasteiger charge is -2.25. The van der Waals surface area contributed by atoms with Crippen molar-refractivity contribution in [2.24, 2.45) is 0 Å². The Hall–Kier alpha value is -2.40. The number of amides is 1. The predicted octanol–water partition coefficient (Wildman–Crippen LogP) is 2.61. The maximum absolute atomic E-state index is 12.8. The van der Waals surface area contributed by atoms with Crippen LogP contribution in [0.1, 0.15) is 28.9 Å². The van der Waals surface area contributed by atoms with Crippen LogP contribution in [0.3, 0.4) is 0 Å². The Morgan fingerprint density at radius 2 is 2.09 bits per heavy atom. The van der Waals surface area contributed by atoms with E-state index in [1.807, 2.05) is 18.2 Å². The zero-order chi connectivity index (χ0) is 16.1. The number of carbonyl (C=O) groups is 1. The molecule has 0 bridgehead atoms. The average molecular weight is 312 g/mol. The summed E-state index contributed by atoms with van der Waals surface area (Å²) in [5.41, 5.74) is 1.12. The molecule has 3 rings (SSSR count). The first-order valence-corrected chi connectivity index (χ1v) is 7.83. The second-order valence-corrected chi connectivity index (χ2v) is 5.66. The molecule has 2 aromatic rings. The van der Waals surface area contributed by atoms with Gasteiger partial charge in [-0.05, 0) is 37.1 Å². The van der Waals surface area contributed by atoms with E-state index in [0.29, 0.717) is 18.7 Å². The molecule has 1 N–H and O–H groups in total. The van der Waals surface area contributed by atoms with E-state index < -0.39 is 0 Å². The van der Waals surface area contributed by atoms with E-state index in [-0.39, 0.29) is 17.8 Å². The molecule has 1 saturated heterocycles. The Morgan fingerprint density at radius 3 is 2.78 bits per heavy atom. The lowest BCUT2D eigenvalue weighted by Crippen LogP contribution is -2.37. The highest BCUT2D eigenvalue weighted by molar-refractivity contribution is 5.96. The van der Waals surface area contributed by atoms with Crippen molar-refractivity contribution in [1.29, 1.82) is 0 Å². The summed E-state index contributed by atoms with van der Waals surface area (Å²) in [5.74, 6) is -0.208. The Balaban J connectivity index is 1.81. The standard InChI is InChI=1S/C18H20N2O3/c21-17-9-2-1-8-16(17)18(22)20(13-15-7-5-11-23-15)12-14-6-3-4-10-19-14/h1-4,6,8-10,15,21H,5,7,11-13H2/t15-/m1/s1. The van der Waals surface area contributed by atoms with Gasteiger partial charge in [0.25, 0.3) is 5.91 Å². The van der Waals surface area contributed by atoms with Crippen molar-refractivity contribution in [3.8, 4) is 5.75 Å². The number of carbonyl (C=O) groups excluding carboxylic acids is 1. The number of phenols is 1. The van der Waals surface area contributed by atoms with E-state index >= 15 is 0 Å². The highest BCUT2D eigenvalue weighted by Gasteiger charge is 2.25. The van der Waals surface area contributed by atoms with Gasteiger partial charge in [0.1, 0.15) is 5.75 Å². The number of ether oxygens (including phenoxy) is 1. The van der Waals surface area contributed by atoms with E-state index in [0.717, 1.165) is 25.1 Å². The van der Waals surface area contributed by atoms with Crippen LogP contribution in [0.4, 0.5) is 0 Å². The third kappa shape index (κ3) is 3.87. The Labute approximate surface area is 135 Å². The summed E-state index contributed by atoms with van der Waals surface area (Å²) in [5, 5.41) is 9.96. The number of para-hydroxylation sites is 1. The summed E-state index contributed by atoms with van der Waals surface area (Å²) >= 11 is 0. The molecule has 1 fully saturated rings. The molecule has 0 saturated carbocycles. The van der Waals surface area contributed by atoms with Crippen molar-refractivity contribution in [3.05, 3.63) is 59.9 Å². The Bertz CT molecular complexity index is 654. The lowest BCUT2D eigenvalue weighted by molar-refractivity contribution is 0.0502. The fourth-order valence-electron chi connectivity index (χ4n) is 2.77. The second kappa shape index (κ2) is 7.24. The molecule has 5 heteroatoms. The minimum atomic E-state index is -0.204. The molecule has 5 nitrogen and oxygen atoms in total. The summed E-state index contributed by atoms with van der Waals surface area (Å²) in [6.07, 6.45) is 3.73. The van der Waals surface area contributed by atoms with Crippen LogP contribution in [0.25, 0.3) is 0 Å². The summed E-state index contributed by atoms with van der Waals surface area (Å²) in [4.78, 5) is 18.8. The van der Waals surface area contributed by atoms with Crippen LogP contribution in [-0.4, -0.2) is 40.2 Å². The van der Waals surface area contributed by atoms with Crippen molar-refractivity contribution >= 4 is 5.91 Å². The summed E-state index contributed by atoms with van der Waals surface area (Å²) in [7, 11) is 0. The highest BCUT2D eigenvalue weighted by atomic mass is 16.5. The SMILES string of the molecule is O=C(c1ccccc1O)N(Cc1ccccn1)C[C@H]1CCCO1. The number of rotatable bonds is 5. The first kappa shape index (κ1) is 15.5. The van der Waals surface area contributed by atoms with Gasteiger partial charge in [-0.1, -0.05) is 18.2 Å². The van der Waals surface area contributed by atoms with E-state index in [1.54, 1.807) is 29.3 Å². The van der Waals surface area contributed by atoms with Gasteiger partial charge in [-0.2, -0.15) is 0 Å². The monoisotopic (exact) mass is 312 g/mol. The molecule has 2 heterocycles. The van der Waals surface area contributed by atoms with Gasteiger partial charge in [0.05, 0.1) is 23.9 Å². The summed E-state index contributed by atoms with van der Waals surface area (Å²) < 4.78 is 5.66. The van der Waals surface area contributed by atoms with E-state index in [4.69, 9.17) is 4.74 Å². The predicted molar refractivity (Wildman–Crippen MR) is 86.1 cm³/mol. The quantitative estimate of drug-likeness (QED) is 0.922. The molecule has 0 spiro atoms. The van der Waals surface area contributed by atoms with Crippen LogP contribution in [-0.2, 0) is 11.3 Å². The third-order valence-corrected chi connectivity index (χ3v) is 3.95. The van der Waals surface area contributed by atoms with Crippen LogP contribution >= 0.6 is 0 Å². The van der Waals surface area contributed by atoms with Gasteiger partial charge in [0, 0.05) is 19.3 Å². The smallest absolute Gasteiger partial charge is 0.258 e. The molecule has 120 valence electrons. The van der Waals surface area contributed by atoms with Crippen LogP contribution in [0.15, 0.2) is 48.7 Å². The highest BCUT2D eigenvalue weighted by Crippen LogP contribution is 2.21. The van der Waals surface area contributed by atoms with Gasteiger partial charge >= 0.3 is 0 Å². The van der Waals surface area contributed by atoms with Gasteiger partial charge in [0.2, 0.25) is 0 Å². The van der Waals surface area contributed by atoms with Gasteiger partial charge in [-0.25, -0.2) is 0 Å². The van der Waals surface area contributed by atoms with Gasteiger partial charge in [-0.15, -0.1) is 0 Å². The molecule has 23 heavy (non-hydrogen) atoms. The van der Waals surface area contributed by atoms with Gasteiger partial charge in [0.15, 0.2) is 0 Å². The largest absolute Gasteiger partial charge is 0.507 e. The average Bonchev–Trinajstić information content (AvgIpc) is 3.08. The number of aromatic hydroxyl groups is 1. The third-order valence-electron chi connectivity index (χ3n) is 3.95. The van der Waals surface area contributed by atoms with Crippen LogP contribution < -0.4 is 0 Å². The molecular formula is C18H20N2O3. The molecule has 1 aromatic heterocycles. The van der Waals surface area contributed by atoms with Crippen molar-refractivity contribution in [1.82, 2.24) is 9.88 Å². The Morgan fingerprint density at radius 1 is 1.26 bits per heavy atom. The lowest BCUT2D eigenvalue weighted by atomic mass is 10.1. The molecule has 1 atom stereocenters. The molecular weight excluding hydrogens is 292 g/mol. The van der Waals surface area contributed by atoms with E-state index in [1.165, 1.54) is 6.07 Å².